The number of unbranched alkanes of at least 4 members (excludes halogenated alkanes) is 6. The molecule has 0 aliphatic carbocycles. The Bertz CT molecular complexity index is 115. The third-order valence-electron chi connectivity index (χ3n) is 3.31. The molecule has 0 radical (unpaired) electrons. The Kier molecular flexibility index (Phi) is 34.2. The molecule has 0 aliphatic heterocycles. The molecule has 0 aromatic rings. The third kappa shape index (κ3) is 36.1. The molecule has 0 heteroatoms. The van der Waals surface area contributed by atoms with Gasteiger partial charge < -0.3 is 0 Å². The molecule has 0 rings (SSSR count). The van der Waals surface area contributed by atoms with Crippen LogP contribution in [0.3, 0.4) is 0 Å². The summed E-state index contributed by atoms with van der Waals surface area (Å²) in [5.41, 5.74) is 0. The second-order valence-electron chi connectivity index (χ2n) is 6.16. The van der Waals surface area contributed by atoms with E-state index >= 15 is 0 Å². The molecule has 1 atom stereocenters. The van der Waals surface area contributed by atoms with Crippen LogP contribution in [0.2, 0.25) is 0 Å². The van der Waals surface area contributed by atoms with Crippen LogP contribution in [0.1, 0.15) is 126 Å². The van der Waals surface area contributed by atoms with Crippen LogP contribution >= 0.6 is 0 Å². The van der Waals surface area contributed by atoms with Crippen LogP contribution in [-0.2, 0) is 0 Å². The third-order valence-corrected chi connectivity index (χ3v) is 3.31. The molecule has 0 spiro atoms. The number of rotatable bonds is 10. The van der Waals surface area contributed by atoms with Crippen LogP contribution in [0.5, 0.6) is 0 Å². The minimum absolute atomic E-state index is 0.974. The van der Waals surface area contributed by atoms with E-state index in [1.165, 1.54) is 77.0 Å². The average Bonchev–Trinajstić information content (AvgIpc) is 2.44. The Morgan fingerprint density at radius 3 is 1.25 bits per heavy atom. The van der Waals surface area contributed by atoms with Crippen LogP contribution in [0.15, 0.2) is 0 Å². The van der Waals surface area contributed by atoms with Gasteiger partial charge in [-0.05, 0) is 5.92 Å². The Labute approximate surface area is 132 Å². The highest BCUT2D eigenvalue weighted by Crippen LogP contribution is 2.15. The molecule has 126 valence electrons. The predicted octanol–water partition coefficient (Wildman–Crippen LogP) is 8.40. The van der Waals surface area contributed by atoms with Crippen LogP contribution in [0.4, 0.5) is 0 Å². The highest BCUT2D eigenvalue weighted by atomic mass is 14.1. The van der Waals surface area contributed by atoms with Crippen molar-refractivity contribution in [2.75, 3.05) is 0 Å². The van der Waals surface area contributed by atoms with E-state index in [-0.39, 0.29) is 0 Å². The summed E-state index contributed by atoms with van der Waals surface area (Å²) < 4.78 is 0. The lowest BCUT2D eigenvalue weighted by atomic mass is 9.97. The Hall–Kier alpha value is 0. The SMILES string of the molecule is CCC.CCCCC.CCCCCCC(C)CCCC. The quantitative estimate of drug-likeness (QED) is 0.354. The van der Waals surface area contributed by atoms with Gasteiger partial charge in [-0.15, -0.1) is 0 Å². The fourth-order valence-corrected chi connectivity index (χ4v) is 1.97. The van der Waals surface area contributed by atoms with Gasteiger partial charge in [-0.25, -0.2) is 0 Å². The van der Waals surface area contributed by atoms with E-state index in [0.717, 1.165) is 5.92 Å². The van der Waals surface area contributed by atoms with E-state index in [1.807, 2.05) is 0 Å². The van der Waals surface area contributed by atoms with Crippen LogP contribution in [0.25, 0.3) is 0 Å². The lowest BCUT2D eigenvalue weighted by Crippen LogP contribution is -1.94. The highest BCUT2D eigenvalue weighted by Gasteiger charge is 2.00. The molecule has 20 heavy (non-hydrogen) atoms. The van der Waals surface area contributed by atoms with Crippen molar-refractivity contribution in [3.05, 3.63) is 0 Å². The van der Waals surface area contributed by atoms with E-state index in [1.54, 1.807) is 0 Å². The fraction of sp³-hybridized carbons (Fsp3) is 1.00. The van der Waals surface area contributed by atoms with E-state index < -0.39 is 0 Å². The molecule has 0 saturated heterocycles. The topological polar surface area (TPSA) is 0 Å². The van der Waals surface area contributed by atoms with Gasteiger partial charge in [-0.1, -0.05) is 126 Å². The molecular weight excluding hydrogens is 240 g/mol. The second-order valence-corrected chi connectivity index (χ2v) is 6.16. The first-order valence-corrected chi connectivity index (χ1v) is 9.64. The highest BCUT2D eigenvalue weighted by molar-refractivity contribution is 4.53. The Morgan fingerprint density at radius 2 is 0.900 bits per heavy atom. The average molecular weight is 287 g/mol. The first-order chi connectivity index (χ1) is 9.64. The minimum atomic E-state index is 0.974. The van der Waals surface area contributed by atoms with Crippen LogP contribution in [0, 0.1) is 5.92 Å². The molecule has 0 fully saturated rings. The maximum atomic E-state index is 2.40. The van der Waals surface area contributed by atoms with Gasteiger partial charge in [0.2, 0.25) is 0 Å². The van der Waals surface area contributed by atoms with E-state index in [9.17, 15) is 0 Å². The largest absolute Gasteiger partial charge is 0.0656 e. The van der Waals surface area contributed by atoms with Gasteiger partial charge in [0.1, 0.15) is 0 Å². The lowest BCUT2D eigenvalue weighted by molar-refractivity contribution is 0.445. The molecule has 0 bridgehead atoms. The van der Waals surface area contributed by atoms with Gasteiger partial charge in [0.15, 0.2) is 0 Å². The molecule has 0 saturated carbocycles. The lowest BCUT2D eigenvalue weighted by Gasteiger charge is -2.09. The van der Waals surface area contributed by atoms with Gasteiger partial charge in [0.25, 0.3) is 0 Å². The first kappa shape index (κ1) is 25.0. The van der Waals surface area contributed by atoms with Crippen molar-refractivity contribution in [2.45, 2.75) is 126 Å². The van der Waals surface area contributed by atoms with E-state index in [2.05, 4.69) is 48.5 Å². The van der Waals surface area contributed by atoms with E-state index in [0.29, 0.717) is 0 Å². The molecule has 0 nitrogen and oxygen atoms in total. The summed E-state index contributed by atoms with van der Waals surface area (Å²) in [5.74, 6) is 0.974. The summed E-state index contributed by atoms with van der Waals surface area (Å²) in [4.78, 5) is 0. The molecule has 0 aromatic carbocycles. The Morgan fingerprint density at radius 1 is 0.500 bits per heavy atom. The maximum absolute atomic E-state index is 2.40. The van der Waals surface area contributed by atoms with Crippen molar-refractivity contribution < 1.29 is 0 Å². The number of hydrogen-bond acceptors (Lipinski definition) is 0. The summed E-state index contributed by atoms with van der Waals surface area (Å²) >= 11 is 0. The zero-order chi connectivity index (χ0) is 16.1. The number of hydrogen-bond donors (Lipinski definition) is 0. The summed E-state index contributed by atoms with van der Waals surface area (Å²) in [6, 6.07) is 0. The smallest absolute Gasteiger partial charge is 0.0443 e. The second kappa shape index (κ2) is 27.4. The molecular formula is C20H46. The van der Waals surface area contributed by atoms with Crippen molar-refractivity contribution in [1.82, 2.24) is 0 Å². The summed E-state index contributed by atoms with van der Waals surface area (Å²) in [6.07, 6.45) is 16.7. The zero-order valence-corrected chi connectivity index (χ0v) is 16.1. The summed E-state index contributed by atoms with van der Waals surface area (Å²) in [7, 11) is 0. The van der Waals surface area contributed by atoms with Crippen molar-refractivity contribution in [3.63, 3.8) is 0 Å². The van der Waals surface area contributed by atoms with Crippen molar-refractivity contribution >= 4 is 0 Å². The monoisotopic (exact) mass is 286 g/mol. The van der Waals surface area contributed by atoms with Gasteiger partial charge in [0.05, 0.1) is 0 Å². The van der Waals surface area contributed by atoms with E-state index in [4.69, 9.17) is 0 Å². The molecule has 0 amide bonds. The maximum Gasteiger partial charge on any atom is -0.0443 e. The molecule has 0 heterocycles. The van der Waals surface area contributed by atoms with Crippen LogP contribution in [-0.4, -0.2) is 0 Å². The van der Waals surface area contributed by atoms with Crippen molar-refractivity contribution in [3.8, 4) is 0 Å². The van der Waals surface area contributed by atoms with Gasteiger partial charge in [-0.2, -0.15) is 0 Å². The summed E-state index contributed by atoms with van der Waals surface area (Å²) in [6.45, 7) is 15.6. The minimum Gasteiger partial charge on any atom is -0.0656 e. The van der Waals surface area contributed by atoms with Crippen LogP contribution < -0.4 is 0 Å². The van der Waals surface area contributed by atoms with Crippen molar-refractivity contribution in [1.29, 1.82) is 0 Å². The summed E-state index contributed by atoms with van der Waals surface area (Å²) in [5, 5.41) is 0. The first-order valence-electron chi connectivity index (χ1n) is 9.64. The molecule has 1 unspecified atom stereocenters. The van der Waals surface area contributed by atoms with Gasteiger partial charge in [0, 0.05) is 0 Å². The van der Waals surface area contributed by atoms with Gasteiger partial charge in [-0.3, -0.25) is 0 Å². The molecule has 0 aliphatic rings. The molecule has 0 N–H and O–H groups in total. The standard InChI is InChI=1S/C12H26.C5H12.C3H8/c1-4-6-8-9-11-12(3)10-7-5-2;1-3-5-4-2;1-3-2/h12H,4-11H2,1-3H3;3-5H2,1-2H3;3H2,1-2H3. The zero-order valence-electron chi connectivity index (χ0n) is 16.1. The normalized spacial score (nSPS) is 10.9. The van der Waals surface area contributed by atoms with Crippen molar-refractivity contribution in [2.24, 2.45) is 5.92 Å². The predicted molar refractivity (Wildman–Crippen MR) is 98.6 cm³/mol. The molecule has 0 aromatic heterocycles. The fourth-order valence-electron chi connectivity index (χ4n) is 1.97. The van der Waals surface area contributed by atoms with Gasteiger partial charge >= 0.3 is 0 Å². The Balaban J connectivity index is -0.000000299.